The first kappa shape index (κ1) is 12.6. The molecule has 0 saturated carbocycles. The summed E-state index contributed by atoms with van der Waals surface area (Å²) in [4.78, 5) is 9.45. The summed E-state index contributed by atoms with van der Waals surface area (Å²) in [7, 11) is 0. The molecule has 3 aromatic rings. The molecular weight excluding hydrogens is 272 g/mol. The lowest BCUT2D eigenvalue weighted by atomic mass is 10.1. The summed E-state index contributed by atoms with van der Waals surface area (Å²) >= 11 is 1.38. The van der Waals surface area contributed by atoms with Crippen molar-refractivity contribution in [1.29, 1.82) is 5.41 Å². The van der Waals surface area contributed by atoms with Crippen molar-refractivity contribution in [1.82, 2.24) is 20.2 Å². The van der Waals surface area contributed by atoms with Gasteiger partial charge in [0, 0.05) is 22.0 Å². The van der Waals surface area contributed by atoms with Gasteiger partial charge < -0.3 is 5.73 Å². The number of nitrogens with one attached hydrogen (secondary N) is 2. The van der Waals surface area contributed by atoms with Crippen LogP contribution in [0.3, 0.4) is 0 Å². The lowest BCUT2D eigenvalue weighted by Gasteiger charge is -2.09. The SMILES string of the molecule is Cc1nc(Sc2c(C(=N)N)cnc3ccccc23)n[nH]1. The Labute approximate surface area is 119 Å². The number of nitrogens with two attached hydrogens (primary N) is 1. The van der Waals surface area contributed by atoms with Crippen LogP contribution in [0.5, 0.6) is 0 Å². The predicted molar refractivity (Wildman–Crippen MR) is 78.0 cm³/mol. The fourth-order valence-corrected chi connectivity index (χ4v) is 2.89. The van der Waals surface area contributed by atoms with Crippen LogP contribution >= 0.6 is 11.8 Å². The molecule has 0 fully saturated rings. The molecule has 0 saturated heterocycles. The molecular formula is C13H12N6S. The number of nitrogens with zero attached hydrogens (tertiary/aromatic N) is 3. The summed E-state index contributed by atoms with van der Waals surface area (Å²) in [6.45, 7) is 1.84. The van der Waals surface area contributed by atoms with E-state index in [2.05, 4.69) is 20.2 Å². The van der Waals surface area contributed by atoms with E-state index in [4.69, 9.17) is 11.1 Å². The Bertz CT molecular complexity index is 794. The van der Waals surface area contributed by atoms with E-state index in [0.29, 0.717) is 10.7 Å². The van der Waals surface area contributed by atoms with Gasteiger partial charge in [-0.1, -0.05) is 18.2 Å². The Morgan fingerprint density at radius 3 is 2.85 bits per heavy atom. The monoisotopic (exact) mass is 284 g/mol. The highest BCUT2D eigenvalue weighted by atomic mass is 32.2. The number of aryl methyl sites for hydroxylation is 1. The van der Waals surface area contributed by atoms with Gasteiger partial charge in [-0.3, -0.25) is 15.5 Å². The molecule has 7 heteroatoms. The van der Waals surface area contributed by atoms with E-state index in [1.54, 1.807) is 6.20 Å². The zero-order chi connectivity index (χ0) is 14.1. The van der Waals surface area contributed by atoms with Gasteiger partial charge >= 0.3 is 0 Å². The van der Waals surface area contributed by atoms with E-state index in [-0.39, 0.29) is 5.84 Å². The minimum atomic E-state index is -0.0157. The number of hydrogen-bond donors (Lipinski definition) is 3. The van der Waals surface area contributed by atoms with E-state index in [9.17, 15) is 0 Å². The fraction of sp³-hybridized carbons (Fsp3) is 0.0769. The van der Waals surface area contributed by atoms with Crippen LogP contribution in [0.1, 0.15) is 11.4 Å². The number of aromatic amines is 1. The average molecular weight is 284 g/mol. The number of amidine groups is 1. The van der Waals surface area contributed by atoms with Crippen LogP contribution in [-0.2, 0) is 0 Å². The third kappa shape index (κ3) is 2.23. The summed E-state index contributed by atoms with van der Waals surface area (Å²) in [6, 6.07) is 7.73. The lowest BCUT2D eigenvalue weighted by molar-refractivity contribution is 0.969. The molecule has 2 aromatic heterocycles. The number of benzene rings is 1. The van der Waals surface area contributed by atoms with E-state index in [0.717, 1.165) is 21.6 Å². The molecule has 0 radical (unpaired) electrons. The van der Waals surface area contributed by atoms with Crippen molar-refractivity contribution in [2.24, 2.45) is 5.73 Å². The van der Waals surface area contributed by atoms with Crippen molar-refractivity contribution in [2.75, 3.05) is 0 Å². The minimum absolute atomic E-state index is 0.0157. The van der Waals surface area contributed by atoms with Gasteiger partial charge in [-0.05, 0) is 24.8 Å². The van der Waals surface area contributed by atoms with E-state index < -0.39 is 0 Å². The van der Waals surface area contributed by atoms with Crippen molar-refractivity contribution in [2.45, 2.75) is 17.0 Å². The second-order valence-electron chi connectivity index (χ2n) is 4.24. The van der Waals surface area contributed by atoms with Gasteiger partial charge in [0.2, 0.25) is 5.16 Å². The molecule has 4 N–H and O–H groups in total. The Morgan fingerprint density at radius 1 is 1.35 bits per heavy atom. The fourth-order valence-electron chi connectivity index (χ4n) is 1.88. The Balaban J connectivity index is 2.19. The van der Waals surface area contributed by atoms with E-state index >= 15 is 0 Å². The molecule has 0 amide bonds. The van der Waals surface area contributed by atoms with Gasteiger partial charge in [0.25, 0.3) is 0 Å². The molecule has 20 heavy (non-hydrogen) atoms. The largest absolute Gasteiger partial charge is 0.384 e. The maximum Gasteiger partial charge on any atom is 0.213 e. The normalized spacial score (nSPS) is 10.8. The van der Waals surface area contributed by atoms with Crippen molar-refractivity contribution < 1.29 is 0 Å². The van der Waals surface area contributed by atoms with Crippen LogP contribution < -0.4 is 5.73 Å². The topological polar surface area (TPSA) is 104 Å². The molecule has 0 aliphatic carbocycles. The third-order valence-electron chi connectivity index (χ3n) is 2.79. The summed E-state index contributed by atoms with van der Waals surface area (Å²) in [5.74, 6) is 0.730. The molecule has 0 aliphatic heterocycles. The zero-order valence-electron chi connectivity index (χ0n) is 10.7. The van der Waals surface area contributed by atoms with Crippen LogP contribution in [0, 0.1) is 12.3 Å². The van der Waals surface area contributed by atoms with Crippen molar-refractivity contribution in [3.63, 3.8) is 0 Å². The Hall–Kier alpha value is -2.41. The molecule has 100 valence electrons. The van der Waals surface area contributed by atoms with Crippen LogP contribution in [0.4, 0.5) is 0 Å². The van der Waals surface area contributed by atoms with Crippen molar-refractivity contribution in [3.05, 3.63) is 41.9 Å². The standard InChI is InChI=1S/C13H12N6S/c1-7-17-13(19-18-7)20-11-8-4-2-3-5-10(8)16-6-9(11)12(14)15/h2-6H,1H3,(H3,14,15)(H,17,18,19). The Morgan fingerprint density at radius 2 is 2.15 bits per heavy atom. The van der Waals surface area contributed by atoms with Gasteiger partial charge in [0.1, 0.15) is 11.7 Å². The number of nitrogen functional groups attached to an aromatic ring is 1. The van der Waals surface area contributed by atoms with Gasteiger partial charge in [-0.2, -0.15) is 0 Å². The highest BCUT2D eigenvalue weighted by molar-refractivity contribution is 7.99. The first-order valence-electron chi connectivity index (χ1n) is 5.94. The van der Waals surface area contributed by atoms with Gasteiger partial charge in [-0.25, -0.2) is 4.98 Å². The zero-order valence-corrected chi connectivity index (χ0v) is 11.5. The average Bonchev–Trinajstić information content (AvgIpc) is 2.84. The predicted octanol–water partition coefficient (Wildman–Crippen LogP) is 2.10. The van der Waals surface area contributed by atoms with Crippen LogP contribution in [0.25, 0.3) is 10.9 Å². The van der Waals surface area contributed by atoms with Crippen molar-refractivity contribution >= 4 is 28.5 Å². The second kappa shape index (κ2) is 4.93. The minimum Gasteiger partial charge on any atom is -0.384 e. The second-order valence-corrected chi connectivity index (χ2v) is 5.21. The van der Waals surface area contributed by atoms with E-state index in [1.807, 2.05) is 31.2 Å². The van der Waals surface area contributed by atoms with Crippen LogP contribution in [0.2, 0.25) is 0 Å². The quantitative estimate of drug-likeness (QED) is 0.504. The smallest absolute Gasteiger partial charge is 0.213 e. The Kier molecular flexibility index (Phi) is 3.11. The summed E-state index contributed by atoms with van der Waals surface area (Å²) in [5, 5.41) is 16.2. The first-order chi connectivity index (χ1) is 9.65. The highest BCUT2D eigenvalue weighted by Gasteiger charge is 2.14. The molecule has 0 bridgehead atoms. The number of H-pyrrole nitrogens is 1. The maximum atomic E-state index is 7.70. The number of para-hydroxylation sites is 1. The molecule has 0 atom stereocenters. The number of rotatable bonds is 3. The third-order valence-corrected chi connectivity index (χ3v) is 3.80. The van der Waals surface area contributed by atoms with Crippen molar-refractivity contribution in [3.8, 4) is 0 Å². The first-order valence-corrected chi connectivity index (χ1v) is 6.76. The van der Waals surface area contributed by atoms with Gasteiger partial charge in [0.15, 0.2) is 0 Å². The molecule has 0 unspecified atom stereocenters. The van der Waals surface area contributed by atoms with Crippen LogP contribution in [-0.4, -0.2) is 26.0 Å². The molecule has 1 aromatic carbocycles. The summed E-state index contributed by atoms with van der Waals surface area (Å²) in [5.41, 5.74) is 7.09. The van der Waals surface area contributed by atoms with Crippen LogP contribution in [0.15, 0.2) is 40.5 Å². The number of pyridine rings is 1. The van der Waals surface area contributed by atoms with Gasteiger partial charge in [0.05, 0.1) is 5.52 Å². The molecule has 0 spiro atoms. The highest BCUT2D eigenvalue weighted by Crippen LogP contribution is 2.33. The molecule has 6 nitrogen and oxygen atoms in total. The lowest BCUT2D eigenvalue weighted by Crippen LogP contribution is -2.13. The summed E-state index contributed by atoms with van der Waals surface area (Å²) in [6.07, 6.45) is 1.62. The molecule has 0 aliphatic rings. The number of hydrogen-bond acceptors (Lipinski definition) is 5. The van der Waals surface area contributed by atoms with Gasteiger partial charge in [-0.15, -0.1) is 5.10 Å². The van der Waals surface area contributed by atoms with E-state index in [1.165, 1.54) is 11.8 Å². The molecule has 2 heterocycles. The summed E-state index contributed by atoms with van der Waals surface area (Å²) < 4.78 is 0. The molecule has 3 rings (SSSR count). The number of fused-ring (bicyclic) bond motifs is 1. The number of aromatic nitrogens is 4. The maximum absolute atomic E-state index is 7.70.